The van der Waals surface area contributed by atoms with Crippen molar-refractivity contribution in [3.05, 3.63) is 46.8 Å². The number of hydrogen-bond acceptors (Lipinski definition) is 5. The molecule has 0 unspecified atom stereocenters. The third kappa shape index (κ3) is 2.06. The smallest absolute Gasteiger partial charge is 0.336 e. The molecule has 0 N–H and O–H groups in total. The van der Waals surface area contributed by atoms with E-state index in [1.807, 2.05) is 6.92 Å². The van der Waals surface area contributed by atoms with Gasteiger partial charge in [0, 0.05) is 11.8 Å². The third-order valence-corrected chi connectivity index (χ3v) is 3.59. The van der Waals surface area contributed by atoms with E-state index in [0.29, 0.717) is 16.4 Å². The zero-order valence-corrected chi connectivity index (χ0v) is 11.1. The zero-order valence-electron chi connectivity index (χ0n) is 10.3. The molecule has 96 valence electrons. The maximum Gasteiger partial charge on any atom is 0.336 e. The van der Waals surface area contributed by atoms with Gasteiger partial charge >= 0.3 is 5.63 Å². The molecular formula is C14H11NO3S. The highest BCUT2D eigenvalue weighted by Gasteiger charge is 2.12. The molecule has 4 nitrogen and oxygen atoms in total. The normalized spacial score (nSPS) is 11.2. The molecule has 0 fully saturated rings. The van der Waals surface area contributed by atoms with E-state index < -0.39 is 0 Å². The van der Waals surface area contributed by atoms with Crippen LogP contribution in [0, 0.1) is 6.92 Å². The van der Waals surface area contributed by atoms with Gasteiger partial charge in [0.15, 0.2) is 5.58 Å². The van der Waals surface area contributed by atoms with E-state index in [9.17, 15) is 4.79 Å². The van der Waals surface area contributed by atoms with Crippen LogP contribution in [0.1, 0.15) is 5.56 Å². The van der Waals surface area contributed by atoms with E-state index in [1.165, 1.54) is 17.8 Å². The second-order valence-corrected chi connectivity index (χ2v) is 5.08. The lowest BCUT2D eigenvalue weighted by Crippen LogP contribution is -1.97. The molecule has 0 radical (unpaired) electrons. The van der Waals surface area contributed by atoms with Gasteiger partial charge in [-0.3, -0.25) is 0 Å². The fourth-order valence-corrected chi connectivity index (χ4v) is 2.56. The van der Waals surface area contributed by atoms with Gasteiger partial charge in [0.25, 0.3) is 5.22 Å². The molecule has 19 heavy (non-hydrogen) atoms. The standard InChI is InChI=1S/C14H11NO3S/c1-3-6-19-14-15-13-10(18-14)5-4-9-12(13)8(2)7-11(16)17-9/h3-5,7H,1,6H2,2H3. The SMILES string of the molecule is C=CCSc1nc2c(ccc3oc(=O)cc(C)c32)o1. The van der Waals surface area contributed by atoms with Crippen LogP contribution in [0.15, 0.2) is 49.7 Å². The molecule has 2 heterocycles. The summed E-state index contributed by atoms with van der Waals surface area (Å²) in [6, 6.07) is 4.97. The topological polar surface area (TPSA) is 56.2 Å². The first-order valence-electron chi connectivity index (χ1n) is 5.77. The van der Waals surface area contributed by atoms with Crippen molar-refractivity contribution >= 4 is 33.8 Å². The quantitative estimate of drug-likeness (QED) is 0.415. The van der Waals surface area contributed by atoms with Crippen LogP contribution >= 0.6 is 11.8 Å². The first-order valence-corrected chi connectivity index (χ1v) is 6.75. The molecular weight excluding hydrogens is 262 g/mol. The summed E-state index contributed by atoms with van der Waals surface area (Å²) >= 11 is 1.48. The summed E-state index contributed by atoms with van der Waals surface area (Å²) < 4.78 is 10.8. The first kappa shape index (κ1) is 12.0. The van der Waals surface area contributed by atoms with Gasteiger partial charge in [-0.2, -0.15) is 0 Å². The van der Waals surface area contributed by atoms with Gasteiger partial charge in [-0.25, -0.2) is 9.78 Å². The van der Waals surface area contributed by atoms with Crippen LogP contribution in [-0.4, -0.2) is 10.7 Å². The second-order valence-electron chi connectivity index (χ2n) is 4.11. The molecule has 2 aromatic heterocycles. The molecule has 0 atom stereocenters. The van der Waals surface area contributed by atoms with E-state index in [4.69, 9.17) is 8.83 Å². The number of hydrogen-bond donors (Lipinski definition) is 0. The highest BCUT2D eigenvalue weighted by Crippen LogP contribution is 2.30. The number of rotatable bonds is 3. The molecule has 0 bridgehead atoms. The van der Waals surface area contributed by atoms with Crippen LogP contribution < -0.4 is 5.63 Å². The Labute approximate surface area is 113 Å². The summed E-state index contributed by atoms with van der Waals surface area (Å²) in [6.07, 6.45) is 1.79. The fourth-order valence-electron chi connectivity index (χ4n) is 2.00. The third-order valence-electron chi connectivity index (χ3n) is 2.77. The Morgan fingerprint density at radius 1 is 1.37 bits per heavy atom. The Bertz CT molecular complexity index is 832. The molecule has 3 rings (SSSR count). The number of thioether (sulfide) groups is 1. The van der Waals surface area contributed by atoms with Gasteiger partial charge in [0.1, 0.15) is 11.1 Å². The van der Waals surface area contributed by atoms with Crippen molar-refractivity contribution in [3.8, 4) is 0 Å². The molecule has 0 aliphatic rings. The number of benzene rings is 1. The lowest BCUT2D eigenvalue weighted by molar-refractivity contribution is 0.490. The summed E-state index contributed by atoms with van der Waals surface area (Å²) in [4.78, 5) is 15.8. The molecule has 0 aliphatic heterocycles. The zero-order chi connectivity index (χ0) is 13.4. The molecule has 0 saturated carbocycles. The summed E-state index contributed by atoms with van der Waals surface area (Å²) in [7, 11) is 0. The highest BCUT2D eigenvalue weighted by atomic mass is 32.2. The van der Waals surface area contributed by atoms with Gasteiger partial charge in [-0.15, -0.1) is 6.58 Å². The summed E-state index contributed by atoms with van der Waals surface area (Å²) in [5.74, 6) is 0.735. The van der Waals surface area contributed by atoms with E-state index in [0.717, 1.165) is 22.2 Å². The van der Waals surface area contributed by atoms with Crippen molar-refractivity contribution in [2.24, 2.45) is 0 Å². The number of fused-ring (bicyclic) bond motifs is 3. The Kier molecular flexibility index (Phi) is 2.91. The minimum atomic E-state index is -0.353. The van der Waals surface area contributed by atoms with Crippen LogP contribution in [0.3, 0.4) is 0 Å². The average Bonchev–Trinajstić information content (AvgIpc) is 2.78. The Morgan fingerprint density at radius 3 is 2.95 bits per heavy atom. The largest absolute Gasteiger partial charge is 0.431 e. The second kappa shape index (κ2) is 4.59. The van der Waals surface area contributed by atoms with Gasteiger partial charge in [0.2, 0.25) is 0 Å². The molecule has 0 saturated heterocycles. The van der Waals surface area contributed by atoms with E-state index in [2.05, 4.69) is 11.6 Å². The maximum atomic E-state index is 11.4. The molecule has 5 heteroatoms. The summed E-state index contributed by atoms with van der Waals surface area (Å²) in [6.45, 7) is 5.53. The van der Waals surface area contributed by atoms with Gasteiger partial charge in [-0.05, 0) is 24.6 Å². The van der Waals surface area contributed by atoms with Crippen molar-refractivity contribution in [1.29, 1.82) is 0 Å². The molecule has 0 aliphatic carbocycles. The lowest BCUT2D eigenvalue weighted by Gasteiger charge is -1.99. The van der Waals surface area contributed by atoms with Crippen molar-refractivity contribution in [1.82, 2.24) is 4.98 Å². The Hall–Kier alpha value is -2.01. The van der Waals surface area contributed by atoms with Crippen molar-refractivity contribution in [2.45, 2.75) is 12.1 Å². The minimum Gasteiger partial charge on any atom is -0.431 e. The molecule has 3 aromatic rings. The number of nitrogens with zero attached hydrogens (tertiary/aromatic N) is 1. The molecule has 0 spiro atoms. The minimum absolute atomic E-state index is 0.353. The van der Waals surface area contributed by atoms with Crippen LogP contribution in [-0.2, 0) is 0 Å². The van der Waals surface area contributed by atoms with Crippen molar-refractivity contribution < 1.29 is 8.83 Å². The van der Waals surface area contributed by atoms with Crippen LogP contribution in [0.25, 0.3) is 22.1 Å². The number of aromatic nitrogens is 1. The fraction of sp³-hybridized carbons (Fsp3) is 0.143. The highest BCUT2D eigenvalue weighted by molar-refractivity contribution is 7.99. The van der Waals surface area contributed by atoms with Crippen LogP contribution in [0.5, 0.6) is 0 Å². The maximum absolute atomic E-state index is 11.4. The Balaban J connectivity index is 2.29. The monoisotopic (exact) mass is 273 g/mol. The van der Waals surface area contributed by atoms with Gasteiger partial charge < -0.3 is 8.83 Å². The van der Waals surface area contributed by atoms with Crippen LogP contribution in [0.4, 0.5) is 0 Å². The van der Waals surface area contributed by atoms with E-state index in [1.54, 1.807) is 18.2 Å². The molecule has 1 aromatic carbocycles. The van der Waals surface area contributed by atoms with E-state index >= 15 is 0 Å². The number of aryl methyl sites for hydroxylation is 1. The van der Waals surface area contributed by atoms with Crippen molar-refractivity contribution in [2.75, 3.05) is 5.75 Å². The predicted octanol–water partition coefficient (Wildman–Crippen LogP) is 3.52. The summed E-state index contributed by atoms with van der Waals surface area (Å²) in [5.41, 5.74) is 2.44. The lowest BCUT2D eigenvalue weighted by atomic mass is 10.1. The number of oxazole rings is 1. The Morgan fingerprint density at radius 2 is 2.16 bits per heavy atom. The average molecular weight is 273 g/mol. The van der Waals surface area contributed by atoms with Crippen LogP contribution in [0.2, 0.25) is 0 Å². The van der Waals surface area contributed by atoms with Crippen molar-refractivity contribution in [3.63, 3.8) is 0 Å². The predicted molar refractivity (Wildman–Crippen MR) is 75.7 cm³/mol. The van der Waals surface area contributed by atoms with E-state index in [-0.39, 0.29) is 5.63 Å². The molecule has 0 amide bonds. The summed E-state index contributed by atoms with van der Waals surface area (Å²) in [5, 5.41) is 1.42. The van der Waals surface area contributed by atoms with Gasteiger partial charge in [-0.1, -0.05) is 17.8 Å². The first-order chi connectivity index (χ1) is 9.19. The van der Waals surface area contributed by atoms with Gasteiger partial charge in [0.05, 0.1) is 5.39 Å².